The van der Waals surface area contributed by atoms with E-state index in [2.05, 4.69) is 58.4 Å². The van der Waals surface area contributed by atoms with Gasteiger partial charge in [0.2, 0.25) is 0 Å². The van der Waals surface area contributed by atoms with E-state index in [9.17, 15) is 0 Å². The highest BCUT2D eigenvalue weighted by Gasteiger charge is 2.30. The zero-order valence-corrected chi connectivity index (χ0v) is 27.1. The van der Waals surface area contributed by atoms with Crippen molar-refractivity contribution in [2.45, 2.75) is 66.2 Å². The zero-order valence-electron chi connectivity index (χ0n) is 27.1. The zero-order chi connectivity index (χ0) is 29.8. The SMILES string of the molecule is CCc1c(C)[nH]c2c1C(N1CCOCC1)=C(CN1CCOCC1)CC2.CCc1c(C)[nH]c2c1C(N1CCOCC1)=CCC2. The minimum absolute atomic E-state index is 0.842. The Kier molecular flexibility index (Phi) is 9.97. The van der Waals surface area contributed by atoms with Crippen molar-refractivity contribution in [2.24, 2.45) is 0 Å². The maximum Gasteiger partial charge on any atom is 0.0642 e. The number of aromatic nitrogens is 2. The van der Waals surface area contributed by atoms with Crippen molar-refractivity contribution in [3.8, 4) is 0 Å². The number of aryl methyl sites for hydroxylation is 4. The van der Waals surface area contributed by atoms with E-state index in [1.807, 2.05) is 0 Å². The Balaban J connectivity index is 0.000000162. The monoisotopic (exact) mass is 591 g/mol. The minimum Gasteiger partial charge on any atom is -0.379 e. The third-order valence-corrected chi connectivity index (χ3v) is 9.93. The molecule has 2 aliphatic carbocycles. The van der Waals surface area contributed by atoms with Crippen molar-refractivity contribution < 1.29 is 14.2 Å². The molecule has 0 unspecified atom stereocenters. The molecule has 43 heavy (non-hydrogen) atoms. The molecule has 0 amide bonds. The van der Waals surface area contributed by atoms with Crippen LogP contribution < -0.4 is 0 Å². The number of ether oxygens (including phenoxy) is 3. The van der Waals surface area contributed by atoms with E-state index >= 15 is 0 Å². The molecule has 0 spiro atoms. The van der Waals surface area contributed by atoms with E-state index < -0.39 is 0 Å². The summed E-state index contributed by atoms with van der Waals surface area (Å²) in [6, 6.07) is 0. The summed E-state index contributed by atoms with van der Waals surface area (Å²) in [5, 5.41) is 0. The number of allylic oxidation sites excluding steroid dienone is 1. The molecule has 0 saturated carbocycles. The van der Waals surface area contributed by atoms with E-state index in [1.54, 1.807) is 5.57 Å². The molecule has 5 heterocycles. The van der Waals surface area contributed by atoms with Gasteiger partial charge in [-0.05, 0) is 69.1 Å². The lowest BCUT2D eigenvalue weighted by atomic mass is 9.89. The summed E-state index contributed by atoms with van der Waals surface area (Å²) in [7, 11) is 0. The van der Waals surface area contributed by atoms with Crippen LogP contribution in [0.2, 0.25) is 0 Å². The van der Waals surface area contributed by atoms with Gasteiger partial charge in [0.1, 0.15) is 0 Å². The van der Waals surface area contributed by atoms with Crippen molar-refractivity contribution in [1.29, 1.82) is 0 Å². The van der Waals surface area contributed by atoms with Crippen molar-refractivity contribution >= 4 is 11.4 Å². The van der Waals surface area contributed by atoms with Crippen LogP contribution >= 0.6 is 0 Å². The molecule has 8 heteroatoms. The third-order valence-electron chi connectivity index (χ3n) is 9.93. The molecule has 3 aliphatic heterocycles. The average molecular weight is 592 g/mol. The molecule has 0 atom stereocenters. The molecule has 0 aromatic carbocycles. The van der Waals surface area contributed by atoms with Crippen LogP contribution in [0.5, 0.6) is 0 Å². The number of rotatable bonds is 6. The number of fused-ring (bicyclic) bond motifs is 2. The van der Waals surface area contributed by atoms with Crippen molar-refractivity contribution in [3.05, 3.63) is 56.7 Å². The van der Waals surface area contributed by atoms with Crippen LogP contribution in [0.15, 0.2) is 11.6 Å². The summed E-state index contributed by atoms with van der Waals surface area (Å²) in [6.07, 6.45) is 9.24. The lowest BCUT2D eigenvalue weighted by Gasteiger charge is -2.37. The lowest BCUT2D eigenvalue weighted by Crippen LogP contribution is -2.40. The first-order valence-corrected chi connectivity index (χ1v) is 16.9. The van der Waals surface area contributed by atoms with Gasteiger partial charge in [0.05, 0.1) is 39.6 Å². The van der Waals surface area contributed by atoms with Crippen LogP contribution in [0.25, 0.3) is 11.4 Å². The number of nitrogens with one attached hydrogen (secondary N) is 2. The van der Waals surface area contributed by atoms with Gasteiger partial charge in [-0.15, -0.1) is 0 Å². The van der Waals surface area contributed by atoms with Gasteiger partial charge in [0, 0.05) is 91.1 Å². The molecule has 0 radical (unpaired) electrons. The first kappa shape index (κ1) is 30.5. The van der Waals surface area contributed by atoms with Gasteiger partial charge < -0.3 is 34.0 Å². The fourth-order valence-corrected chi connectivity index (χ4v) is 7.79. The highest BCUT2D eigenvalue weighted by Crippen LogP contribution is 2.38. The molecular weight excluding hydrogens is 538 g/mol. The fourth-order valence-electron chi connectivity index (χ4n) is 7.79. The molecule has 2 N–H and O–H groups in total. The minimum atomic E-state index is 0.842. The van der Waals surface area contributed by atoms with Gasteiger partial charge in [0.15, 0.2) is 0 Å². The maximum atomic E-state index is 5.63. The van der Waals surface area contributed by atoms with Crippen LogP contribution in [0.4, 0.5) is 0 Å². The normalized spacial score (nSPS) is 21.3. The first-order chi connectivity index (χ1) is 21.1. The molecule has 2 aromatic heterocycles. The number of morpholine rings is 3. The van der Waals surface area contributed by atoms with Gasteiger partial charge >= 0.3 is 0 Å². The lowest BCUT2D eigenvalue weighted by molar-refractivity contribution is 0.0413. The molecule has 5 aliphatic rings. The molecule has 3 fully saturated rings. The molecule has 7 rings (SSSR count). The standard InChI is InChI=1S/C20H31N3O2.C15H22N2O/c1-3-17-15(2)21-18-5-4-16(14-22-6-10-24-11-7-22)20(19(17)18)23-8-12-25-13-9-23;1-3-12-11(2)16-13-5-4-6-14(15(12)13)17-7-9-18-10-8-17/h21H,3-14H2,1-2H3;6,16H,3-5,7-10H2,1-2H3. The second-order valence-corrected chi connectivity index (χ2v) is 12.5. The Morgan fingerprint density at radius 2 is 1.19 bits per heavy atom. The largest absolute Gasteiger partial charge is 0.379 e. The van der Waals surface area contributed by atoms with Crippen LogP contribution in [-0.4, -0.2) is 110 Å². The average Bonchev–Trinajstić information content (AvgIpc) is 3.56. The van der Waals surface area contributed by atoms with E-state index in [-0.39, 0.29) is 0 Å². The van der Waals surface area contributed by atoms with Gasteiger partial charge in [-0.25, -0.2) is 0 Å². The molecule has 3 saturated heterocycles. The Morgan fingerprint density at radius 1 is 0.651 bits per heavy atom. The smallest absolute Gasteiger partial charge is 0.0642 e. The molecule has 236 valence electrons. The Morgan fingerprint density at radius 3 is 1.79 bits per heavy atom. The number of hydrogen-bond donors (Lipinski definition) is 2. The second-order valence-electron chi connectivity index (χ2n) is 12.5. The van der Waals surface area contributed by atoms with E-state index in [1.165, 1.54) is 62.8 Å². The maximum absolute atomic E-state index is 5.63. The summed E-state index contributed by atoms with van der Waals surface area (Å²) < 4.78 is 16.6. The summed E-state index contributed by atoms with van der Waals surface area (Å²) in [4.78, 5) is 14.9. The van der Waals surface area contributed by atoms with Crippen LogP contribution in [0.1, 0.15) is 71.7 Å². The summed E-state index contributed by atoms with van der Waals surface area (Å²) in [5.74, 6) is 0. The van der Waals surface area contributed by atoms with Crippen LogP contribution in [-0.2, 0) is 39.9 Å². The predicted molar refractivity (Wildman–Crippen MR) is 173 cm³/mol. The van der Waals surface area contributed by atoms with Crippen molar-refractivity contribution in [3.63, 3.8) is 0 Å². The summed E-state index contributed by atoms with van der Waals surface area (Å²) in [6.45, 7) is 21.4. The molecule has 8 nitrogen and oxygen atoms in total. The summed E-state index contributed by atoms with van der Waals surface area (Å²) in [5.41, 5.74) is 16.2. The number of H-pyrrole nitrogens is 2. The van der Waals surface area contributed by atoms with E-state index in [4.69, 9.17) is 14.2 Å². The molecular formula is C35H53N5O3. The highest BCUT2D eigenvalue weighted by atomic mass is 16.5. The third kappa shape index (κ3) is 6.48. The Labute approximate surface area is 258 Å². The predicted octanol–water partition coefficient (Wildman–Crippen LogP) is 4.71. The molecule has 2 aromatic rings. The van der Waals surface area contributed by atoms with E-state index in [0.29, 0.717) is 0 Å². The molecule has 0 bridgehead atoms. The second kappa shape index (κ2) is 14.1. The van der Waals surface area contributed by atoms with Crippen LogP contribution in [0, 0.1) is 13.8 Å². The number of nitrogens with zero attached hydrogens (tertiary/aromatic N) is 3. The van der Waals surface area contributed by atoms with Crippen LogP contribution in [0.3, 0.4) is 0 Å². The first-order valence-electron chi connectivity index (χ1n) is 16.9. The Bertz CT molecular complexity index is 1300. The van der Waals surface area contributed by atoms with E-state index in [0.717, 1.165) is 118 Å². The number of aromatic amines is 2. The van der Waals surface area contributed by atoms with Gasteiger partial charge in [-0.2, -0.15) is 0 Å². The summed E-state index contributed by atoms with van der Waals surface area (Å²) >= 11 is 0. The fraction of sp³-hybridized carbons (Fsp3) is 0.657. The Hall–Kier alpha value is -2.52. The van der Waals surface area contributed by atoms with Gasteiger partial charge in [-0.1, -0.05) is 19.9 Å². The number of hydrogen-bond acceptors (Lipinski definition) is 6. The quantitative estimate of drug-likeness (QED) is 0.507. The van der Waals surface area contributed by atoms with Gasteiger partial charge in [0.25, 0.3) is 0 Å². The highest BCUT2D eigenvalue weighted by molar-refractivity contribution is 5.75. The van der Waals surface area contributed by atoms with Crippen molar-refractivity contribution in [2.75, 3.05) is 85.5 Å². The topological polar surface area (TPSA) is 69.0 Å². The van der Waals surface area contributed by atoms with Crippen molar-refractivity contribution in [1.82, 2.24) is 24.7 Å². The van der Waals surface area contributed by atoms with Gasteiger partial charge in [-0.3, -0.25) is 4.90 Å².